The van der Waals surface area contributed by atoms with Crippen LogP contribution in [0.4, 0.5) is 8.78 Å². The van der Waals surface area contributed by atoms with Crippen LogP contribution in [0.15, 0.2) is 18.2 Å². The van der Waals surface area contributed by atoms with Crippen LogP contribution in [0.25, 0.3) is 0 Å². The zero-order chi connectivity index (χ0) is 12.8. The molecule has 0 spiro atoms. The number of carbonyl (C=O) groups excluding carboxylic acids is 1. The van der Waals surface area contributed by atoms with Gasteiger partial charge in [0.2, 0.25) is 5.91 Å². The van der Waals surface area contributed by atoms with Crippen molar-refractivity contribution in [3.8, 4) is 0 Å². The van der Waals surface area contributed by atoms with Crippen LogP contribution in [0.5, 0.6) is 0 Å². The number of carbonyl (C=O) groups is 2. The Morgan fingerprint density at radius 3 is 2.59 bits per heavy atom. The van der Waals surface area contributed by atoms with Gasteiger partial charge in [-0.25, -0.2) is 8.78 Å². The average molecular weight is 243 g/mol. The molecule has 6 heteroatoms. The fourth-order valence-corrected chi connectivity index (χ4v) is 1.26. The van der Waals surface area contributed by atoms with E-state index in [1.54, 1.807) is 0 Å². The maximum Gasteiger partial charge on any atom is 0.312 e. The molecule has 0 saturated carbocycles. The summed E-state index contributed by atoms with van der Waals surface area (Å²) in [5.74, 6) is -3.21. The normalized spacial score (nSPS) is 10.0. The predicted octanol–water partition coefficient (Wildman–Crippen LogP) is 1.10. The van der Waals surface area contributed by atoms with E-state index in [-0.39, 0.29) is 18.5 Å². The lowest BCUT2D eigenvalue weighted by atomic mass is 10.1. The van der Waals surface area contributed by atoms with E-state index in [9.17, 15) is 18.4 Å². The van der Waals surface area contributed by atoms with Gasteiger partial charge in [0.25, 0.3) is 0 Å². The summed E-state index contributed by atoms with van der Waals surface area (Å²) in [6.07, 6.45) is -0.441. The summed E-state index contributed by atoms with van der Waals surface area (Å²) in [6, 6.07) is 3.17. The summed E-state index contributed by atoms with van der Waals surface area (Å²) in [5.41, 5.74) is 0.266. The minimum atomic E-state index is -1.23. The lowest BCUT2D eigenvalue weighted by molar-refractivity contribution is -0.140. The number of carboxylic acids is 1. The third-order valence-corrected chi connectivity index (χ3v) is 2.04. The molecule has 0 aliphatic rings. The molecule has 0 atom stereocenters. The van der Waals surface area contributed by atoms with Gasteiger partial charge in [-0.2, -0.15) is 0 Å². The second-order valence-electron chi connectivity index (χ2n) is 3.41. The van der Waals surface area contributed by atoms with Gasteiger partial charge in [-0.15, -0.1) is 0 Å². The van der Waals surface area contributed by atoms with Gasteiger partial charge in [0, 0.05) is 12.6 Å². The molecule has 0 radical (unpaired) electrons. The summed E-state index contributed by atoms with van der Waals surface area (Å²) in [7, 11) is 0. The molecule has 0 saturated heterocycles. The number of benzene rings is 1. The molecule has 92 valence electrons. The van der Waals surface area contributed by atoms with E-state index in [0.717, 1.165) is 12.1 Å². The van der Waals surface area contributed by atoms with Crippen molar-refractivity contribution < 1.29 is 23.5 Å². The summed E-state index contributed by atoms with van der Waals surface area (Å²) in [4.78, 5) is 21.1. The molecular weight excluding hydrogens is 232 g/mol. The highest BCUT2D eigenvalue weighted by atomic mass is 19.1. The number of carboxylic acid groups (broad SMARTS) is 1. The van der Waals surface area contributed by atoms with Crippen LogP contribution in [0, 0.1) is 11.6 Å². The quantitative estimate of drug-likeness (QED) is 0.761. The Balaban J connectivity index is 2.41. The lowest BCUT2D eigenvalue weighted by Gasteiger charge is -2.05. The second kappa shape index (κ2) is 5.93. The molecule has 1 rings (SSSR count). The number of amides is 1. The molecule has 4 nitrogen and oxygen atoms in total. The van der Waals surface area contributed by atoms with Crippen molar-refractivity contribution >= 4 is 11.9 Å². The van der Waals surface area contributed by atoms with Crippen molar-refractivity contribution in [2.45, 2.75) is 12.8 Å². The third kappa shape index (κ3) is 4.58. The standard InChI is InChI=1S/C11H11F2NO3/c12-8-2-1-7(9(13)5-8)3-4-14-10(15)6-11(16)17/h1-2,5H,3-4,6H2,(H,14,15)(H,16,17). The van der Waals surface area contributed by atoms with Gasteiger partial charge in [0.1, 0.15) is 18.1 Å². The number of hydrogen-bond acceptors (Lipinski definition) is 2. The second-order valence-corrected chi connectivity index (χ2v) is 3.41. The largest absolute Gasteiger partial charge is 0.481 e. The van der Waals surface area contributed by atoms with Crippen LogP contribution < -0.4 is 5.32 Å². The molecule has 0 fully saturated rings. The number of rotatable bonds is 5. The summed E-state index contributed by atoms with van der Waals surface area (Å²) >= 11 is 0. The highest BCUT2D eigenvalue weighted by Gasteiger charge is 2.08. The van der Waals surface area contributed by atoms with E-state index >= 15 is 0 Å². The molecule has 1 aromatic rings. The number of aliphatic carboxylic acids is 1. The smallest absolute Gasteiger partial charge is 0.312 e. The number of nitrogens with one attached hydrogen (secondary N) is 1. The van der Waals surface area contributed by atoms with Gasteiger partial charge in [0.15, 0.2) is 0 Å². The molecule has 0 heterocycles. The Morgan fingerprint density at radius 2 is 2.00 bits per heavy atom. The molecule has 0 aromatic heterocycles. The maximum absolute atomic E-state index is 13.1. The molecular formula is C11H11F2NO3. The zero-order valence-corrected chi connectivity index (χ0v) is 8.87. The SMILES string of the molecule is O=C(O)CC(=O)NCCc1ccc(F)cc1F. The molecule has 0 aliphatic carbocycles. The lowest BCUT2D eigenvalue weighted by Crippen LogP contribution is -2.27. The van der Waals surface area contributed by atoms with Gasteiger partial charge < -0.3 is 10.4 Å². The minimum absolute atomic E-state index is 0.106. The first-order chi connectivity index (χ1) is 7.99. The fourth-order valence-electron chi connectivity index (χ4n) is 1.26. The maximum atomic E-state index is 13.1. The molecule has 2 N–H and O–H groups in total. The van der Waals surface area contributed by atoms with Crippen LogP contribution in [0.3, 0.4) is 0 Å². The van der Waals surface area contributed by atoms with Gasteiger partial charge in [0.05, 0.1) is 0 Å². The van der Waals surface area contributed by atoms with E-state index in [1.165, 1.54) is 6.07 Å². The van der Waals surface area contributed by atoms with Gasteiger partial charge >= 0.3 is 5.97 Å². The molecule has 0 bridgehead atoms. The van der Waals surface area contributed by atoms with E-state index in [2.05, 4.69) is 5.32 Å². The van der Waals surface area contributed by atoms with E-state index in [4.69, 9.17) is 5.11 Å². The Morgan fingerprint density at radius 1 is 1.29 bits per heavy atom. The van der Waals surface area contributed by atoms with Crippen LogP contribution >= 0.6 is 0 Å². The Bertz CT molecular complexity index is 435. The summed E-state index contributed by atoms with van der Waals surface area (Å²) in [6.45, 7) is 0.106. The van der Waals surface area contributed by atoms with Crippen LogP contribution in [0.2, 0.25) is 0 Å². The van der Waals surface area contributed by atoms with Crippen molar-refractivity contribution in [3.63, 3.8) is 0 Å². The Kier molecular flexibility index (Phi) is 4.56. The number of hydrogen-bond donors (Lipinski definition) is 2. The molecule has 1 amide bonds. The van der Waals surface area contributed by atoms with Crippen molar-refractivity contribution in [2.24, 2.45) is 0 Å². The topological polar surface area (TPSA) is 66.4 Å². The highest BCUT2D eigenvalue weighted by Crippen LogP contribution is 2.09. The van der Waals surface area contributed by atoms with Crippen molar-refractivity contribution in [3.05, 3.63) is 35.4 Å². The van der Waals surface area contributed by atoms with E-state index < -0.39 is 29.9 Å². The Labute approximate surface area is 96.3 Å². The van der Waals surface area contributed by atoms with Crippen LogP contribution in [-0.4, -0.2) is 23.5 Å². The third-order valence-electron chi connectivity index (χ3n) is 2.04. The van der Waals surface area contributed by atoms with E-state index in [0.29, 0.717) is 0 Å². The van der Waals surface area contributed by atoms with Crippen molar-refractivity contribution in [2.75, 3.05) is 6.54 Å². The Hall–Kier alpha value is -1.98. The molecule has 0 aliphatic heterocycles. The van der Waals surface area contributed by atoms with Gasteiger partial charge in [-0.1, -0.05) is 6.07 Å². The summed E-state index contributed by atoms with van der Waals surface area (Å²) in [5, 5.41) is 10.6. The summed E-state index contributed by atoms with van der Waals surface area (Å²) < 4.78 is 25.7. The van der Waals surface area contributed by atoms with Gasteiger partial charge in [-0.05, 0) is 18.1 Å². The highest BCUT2D eigenvalue weighted by molar-refractivity contribution is 5.93. The van der Waals surface area contributed by atoms with Crippen molar-refractivity contribution in [1.29, 1.82) is 0 Å². The predicted molar refractivity (Wildman–Crippen MR) is 55.3 cm³/mol. The molecule has 17 heavy (non-hydrogen) atoms. The van der Waals surface area contributed by atoms with E-state index in [1.807, 2.05) is 0 Å². The monoisotopic (exact) mass is 243 g/mol. The van der Waals surface area contributed by atoms with Crippen LogP contribution in [0.1, 0.15) is 12.0 Å². The van der Waals surface area contributed by atoms with Crippen molar-refractivity contribution in [1.82, 2.24) is 5.32 Å². The molecule has 1 aromatic carbocycles. The number of halogens is 2. The first kappa shape index (κ1) is 13.1. The van der Waals surface area contributed by atoms with Crippen LogP contribution in [-0.2, 0) is 16.0 Å². The minimum Gasteiger partial charge on any atom is -0.481 e. The average Bonchev–Trinajstić information content (AvgIpc) is 2.20. The fraction of sp³-hybridized carbons (Fsp3) is 0.273. The first-order valence-corrected chi connectivity index (χ1v) is 4.91. The first-order valence-electron chi connectivity index (χ1n) is 4.91. The molecule has 0 unspecified atom stereocenters. The van der Waals surface area contributed by atoms with Gasteiger partial charge in [-0.3, -0.25) is 9.59 Å². The zero-order valence-electron chi connectivity index (χ0n) is 8.87.